The molecular formula is C17H25NO. The molecule has 2 heteroatoms. The maximum atomic E-state index is 12.3. The molecule has 2 nitrogen and oxygen atoms in total. The van der Waals surface area contributed by atoms with Crippen LogP contribution in [0.4, 0.5) is 0 Å². The Morgan fingerprint density at radius 2 is 2.05 bits per heavy atom. The first-order valence-electron chi connectivity index (χ1n) is 7.67. The molecule has 0 unspecified atom stereocenters. The van der Waals surface area contributed by atoms with Crippen molar-refractivity contribution in [2.45, 2.75) is 58.4 Å². The lowest BCUT2D eigenvalue weighted by molar-refractivity contribution is 0.0978. The van der Waals surface area contributed by atoms with Gasteiger partial charge in [-0.3, -0.25) is 4.79 Å². The lowest BCUT2D eigenvalue weighted by Gasteiger charge is -2.19. The normalized spacial score (nSPS) is 14.2. The number of ketones is 1. The van der Waals surface area contributed by atoms with E-state index in [1.54, 1.807) is 0 Å². The number of rotatable bonds is 7. The highest BCUT2D eigenvalue weighted by atomic mass is 16.1. The Balaban J connectivity index is 1.92. The molecule has 0 fully saturated rings. The Hall–Kier alpha value is -1.15. The predicted molar refractivity (Wildman–Crippen MR) is 79.6 cm³/mol. The van der Waals surface area contributed by atoms with Gasteiger partial charge in [0, 0.05) is 18.5 Å². The van der Waals surface area contributed by atoms with E-state index < -0.39 is 0 Å². The molecule has 1 aliphatic heterocycles. The summed E-state index contributed by atoms with van der Waals surface area (Å²) in [6.45, 7) is 4.12. The molecule has 19 heavy (non-hydrogen) atoms. The van der Waals surface area contributed by atoms with Crippen LogP contribution in [0.5, 0.6) is 0 Å². The van der Waals surface area contributed by atoms with E-state index >= 15 is 0 Å². The summed E-state index contributed by atoms with van der Waals surface area (Å²) in [6, 6.07) is 6.17. The highest BCUT2D eigenvalue weighted by Gasteiger charge is 2.16. The average Bonchev–Trinajstić information content (AvgIpc) is 2.46. The van der Waals surface area contributed by atoms with E-state index in [4.69, 9.17) is 0 Å². The van der Waals surface area contributed by atoms with Gasteiger partial charge in [-0.15, -0.1) is 0 Å². The fourth-order valence-corrected chi connectivity index (χ4v) is 2.82. The van der Waals surface area contributed by atoms with Gasteiger partial charge in [-0.2, -0.15) is 0 Å². The summed E-state index contributed by atoms with van der Waals surface area (Å²) < 4.78 is 0. The minimum atomic E-state index is 0.343. The van der Waals surface area contributed by atoms with Crippen LogP contribution >= 0.6 is 0 Å². The number of fused-ring (bicyclic) bond motifs is 1. The van der Waals surface area contributed by atoms with Gasteiger partial charge in [-0.05, 0) is 30.5 Å². The third-order valence-corrected chi connectivity index (χ3v) is 3.95. The molecule has 1 N–H and O–H groups in total. The Morgan fingerprint density at radius 3 is 2.89 bits per heavy atom. The minimum absolute atomic E-state index is 0.343. The molecule has 0 aromatic heterocycles. The molecule has 1 aromatic rings. The highest BCUT2D eigenvalue weighted by molar-refractivity contribution is 5.97. The summed E-state index contributed by atoms with van der Waals surface area (Å²) in [7, 11) is 0. The van der Waals surface area contributed by atoms with Crippen molar-refractivity contribution in [2.24, 2.45) is 0 Å². The molecule has 0 aliphatic carbocycles. The predicted octanol–water partition coefficient (Wildman–Crippen LogP) is 3.88. The number of Topliss-reactive ketones (excluding diaryl/α,β-unsaturated/α-hetero) is 1. The number of unbranched alkanes of at least 4 members (excludes halogenated alkanes) is 4. The monoisotopic (exact) mass is 259 g/mol. The van der Waals surface area contributed by atoms with Gasteiger partial charge in [0.05, 0.1) is 0 Å². The van der Waals surface area contributed by atoms with Crippen molar-refractivity contribution < 1.29 is 4.79 Å². The molecule has 2 rings (SSSR count). The maximum absolute atomic E-state index is 12.3. The van der Waals surface area contributed by atoms with Crippen molar-refractivity contribution >= 4 is 5.78 Å². The van der Waals surface area contributed by atoms with Gasteiger partial charge in [0.25, 0.3) is 0 Å². The van der Waals surface area contributed by atoms with Gasteiger partial charge < -0.3 is 5.32 Å². The summed E-state index contributed by atoms with van der Waals surface area (Å²) in [5, 5.41) is 3.36. The Morgan fingerprint density at radius 1 is 1.21 bits per heavy atom. The van der Waals surface area contributed by atoms with E-state index in [0.29, 0.717) is 12.2 Å². The summed E-state index contributed by atoms with van der Waals surface area (Å²) in [5.74, 6) is 0.343. The number of carbonyl (C=O) groups is 1. The van der Waals surface area contributed by atoms with Crippen LogP contribution in [-0.2, 0) is 13.0 Å². The molecule has 0 amide bonds. The summed E-state index contributed by atoms with van der Waals surface area (Å²) in [4.78, 5) is 12.3. The second-order valence-corrected chi connectivity index (χ2v) is 5.46. The lowest BCUT2D eigenvalue weighted by atomic mass is 9.91. The van der Waals surface area contributed by atoms with Crippen LogP contribution in [0.3, 0.4) is 0 Å². The quantitative estimate of drug-likeness (QED) is 0.595. The standard InChI is InChI=1S/C17H25NO/c1-2-3-4-5-6-10-17(19)16-9-7-8-14-13-18-12-11-15(14)16/h7-9,18H,2-6,10-13H2,1H3. The largest absolute Gasteiger partial charge is 0.312 e. The summed E-state index contributed by atoms with van der Waals surface area (Å²) >= 11 is 0. The Labute approximate surface area is 116 Å². The van der Waals surface area contributed by atoms with Gasteiger partial charge in [0.2, 0.25) is 0 Å². The number of hydrogen-bond acceptors (Lipinski definition) is 2. The fraction of sp³-hybridized carbons (Fsp3) is 0.588. The van der Waals surface area contributed by atoms with E-state index in [2.05, 4.69) is 18.3 Å². The topological polar surface area (TPSA) is 29.1 Å². The molecule has 0 bridgehead atoms. The van der Waals surface area contributed by atoms with Crippen LogP contribution in [-0.4, -0.2) is 12.3 Å². The minimum Gasteiger partial charge on any atom is -0.312 e. The summed E-state index contributed by atoms with van der Waals surface area (Å²) in [5.41, 5.74) is 3.58. The molecule has 0 atom stereocenters. The molecule has 1 aliphatic rings. The third-order valence-electron chi connectivity index (χ3n) is 3.95. The van der Waals surface area contributed by atoms with Crippen molar-refractivity contribution in [1.82, 2.24) is 5.32 Å². The highest BCUT2D eigenvalue weighted by Crippen LogP contribution is 2.21. The second-order valence-electron chi connectivity index (χ2n) is 5.46. The first kappa shape index (κ1) is 14.3. The molecule has 1 aromatic carbocycles. The third kappa shape index (κ3) is 3.90. The van der Waals surface area contributed by atoms with Crippen molar-refractivity contribution in [3.05, 3.63) is 34.9 Å². The van der Waals surface area contributed by atoms with Crippen LogP contribution in [0.2, 0.25) is 0 Å². The molecule has 0 saturated carbocycles. The fourth-order valence-electron chi connectivity index (χ4n) is 2.82. The first-order chi connectivity index (χ1) is 9.33. The molecule has 1 heterocycles. The van der Waals surface area contributed by atoms with Crippen LogP contribution in [0.25, 0.3) is 0 Å². The molecular weight excluding hydrogens is 234 g/mol. The van der Waals surface area contributed by atoms with Crippen LogP contribution in [0.1, 0.15) is 66.9 Å². The van der Waals surface area contributed by atoms with E-state index in [1.165, 1.54) is 36.8 Å². The van der Waals surface area contributed by atoms with Crippen LogP contribution < -0.4 is 5.32 Å². The molecule has 0 saturated heterocycles. The first-order valence-corrected chi connectivity index (χ1v) is 7.67. The smallest absolute Gasteiger partial charge is 0.163 e. The molecule has 0 spiro atoms. The molecule has 104 valence electrons. The van der Waals surface area contributed by atoms with Gasteiger partial charge >= 0.3 is 0 Å². The van der Waals surface area contributed by atoms with E-state index in [9.17, 15) is 4.79 Å². The van der Waals surface area contributed by atoms with E-state index in [1.807, 2.05) is 12.1 Å². The zero-order chi connectivity index (χ0) is 13.5. The number of carbonyl (C=O) groups excluding carboxylic acids is 1. The van der Waals surface area contributed by atoms with Crippen molar-refractivity contribution in [2.75, 3.05) is 6.54 Å². The number of nitrogens with one attached hydrogen (secondary N) is 1. The Bertz CT molecular complexity index is 425. The van der Waals surface area contributed by atoms with E-state index in [0.717, 1.165) is 31.5 Å². The number of hydrogen-bond donors (Lipinski definition) is 1. The van der Waals surface area contributed by atoms with Crippen LogP contribution in [0.15, 0.2) is 18.2 Å². The van der Waals surface area contributed by atoms with Gasteiger partial charge in [-0.1, -0.05) is 50.8 Å². The Kier molecular flexibility index (Phi) is 5.59. The zero-order valence-electron chi connectivity index (χ0n) is 12.0. The van der Waals surface area contributed by atoms with Gasteiger partial charge in [0.1, 0.15) is 0 Å². The summed E-state index contributed by atoms with van der Waals surface area (Å²) in [6.07, 6.45) is 7.76. The zero-order valence-corrected chi connectivity index (χ0v) is 12.0. The maximum Gasteiger partial charge on any atom is 0.163 e. The lowest BCUT2D eigenvalue weighted by Crippen LogP contribution is -2.25. The SMILES string of the molecule is CCCCCCCC(=O)c1cccc2c1CCNC2. The van der Waals surface area contributed by atoms with Crippen molar-refractivity contribution in [3.63, 3.8) is 0 Å². The van der Waals surface area contributed by atoms with Gasteiger partial charge in [0.15, 0.2) is 5.78 Å². The average molecular weight is 259 g/mol. The van der Waals surface area contributed by atoms with Crippen molar-refractivity contribution in [1.29, 1.82) is 0 Å². The van der Waals surface area contributed by atoms with E-state index in [-0.39, 0.29) is 0 Å². The second kappa shape index (κ2) is 7.44. The molecule has 0 radical (unpaired) electrons. The van der Waals surface area contributed by atoms with Gasteiger partial charge in [-0.25, -0.2) is 0 Å². The van der Waals surface area contributed by atoms with Crippen LogP contribution in [0, 0.1) is 0 Å². The van der Waals surface area contributed by atoms with Crippen molar-refractivity contribution in [3.8, 4) is 0 Å². The number of benzene rings is 1.